The molecule has 0 aromatic heterocycles. The molecule has 1 fully saturated rings. The van der Waals surface area contributed by atoms with Crippen LogP contribution in [-0.4, -0.2) is 36.0 Å². The fourth-order valence-corrected chi connectivity index (χ4v) is 4.63. The molecule has 1 unspecified atom stereocenters. The van der Waals surface area contributed by atoms with Crippen molar-refractivity contribution < 1.29 is 31.9 Å². The highest BCUT2D eigenvalue weighted by Crippen LogP contribution is 2.32. The highest BCUT2D eigenvalue weighted by Gasteiger charge is 2.32. The Morgan fingerprint density at radius 2 is 1.72 bits per heavy atom. The molecule has 12 heteroatoms. The predicted molar refractivity (Wildman–Crippen MR) is 174 cm³/mol. The van der Waals surface area contributed by atoms with Crippen LogP contribution in [0.4, 0.5) is 33.7 Å². The fraction of sp³-hybridized carbons (Fsp3) is 0.343. The standard InChI is InChI=1S/C35H39F4N5O3/c1-21-7-5-9-24(15-21)31(41-19-22-11-12-22)25-13-14-27(36)28(17-25)44-32(45)29(18-30(40)35(37,38)39)43-26-10-6-8-23(16-26)20-42-33(46)47-34(2,3)4/h5-10,13-18,22,31,41H,11-12,19-20,40H2,1-4H3,(H,42,46)(H,44,45)/b30-18-,43-29?. The van der Waals surface area contributed by atoms with Gasteiger partial charge in [0.25, 0.3) is 5.91 Å². The number of aryl methyl sites for hydroxylation is 1. The number of halogens is 4. The first-order chi connectivity index (χ1) is 22.1. The molecule has 1 saturated carbocycles. The Bertz CT molecular complexity index is 1660. The average molecular weight is 654 g/mol. The molecule has 1 atom stereocenters. The molecule has 0 spiro atoms. The lowest BCUT2D eigenvalue weighted by Gasteiger charge is -2.21. The van der Waals surface area contributed by atoms with Crippen LogP contribution < -0.4 is 21.7 Å². The van der Waals surface area contributed by atoms with Gasteiger partial charge in [-0.2, -0.15) is 13.2 Å². The monoisotopic (exact) mass is 653 g/mol. The van der Waals surface area contributed by atoms with Gasteiger partial charge in [0.05, 0.1) is 17.4 Å². The number of rotatable bonds is 11. The molecule has 0 saturated heterocycles. The van der Waals surface area contributed by atoms with Crippen LogP contribution in [-0.2, 0) is 16.1 Å². The van der Waals surface area contributed by atoms with Crippen LogP contribution in [0.5, 0.6) is 0 Å². The number of aliphatic imine (C=N–C) groups is 1. The third kappa shape index (κ3) is 11.0. The van der Waals surface area contributed by atoms with Crippen LogP contribution in [0.2, 0.25) is 0 Å². The number of hydrogen-bond donors (Lipinski definition) is 4. The summed E-state index contributed by atoms with van der Waals surface area (Å²) in [6.45, 7) is 7.88. The Balaban J connectivity index is 1.62. The number of amides is 2. The van der Waals surface area contributed by atoms with Gasteiger partial charge in [-0.05, 0) is 100 Å². The minimum absolute atomic E-state index is 0.0230. The SMILES string of the molecule is Cc1cccc(C(NCC2CC2)c2ccc(F)c(NC(=O)C(/C=C(\N)C(F)(F)F)=Nc3cccc(CNC(=O)OC(C)(C)C)c3)c2)c1. The minimum Gasteiger partial charge on any atom is -0.444 e. The molecule has 3 aromatic rings. The van der Waals surface area contributed by atoms with Crippen LogP contribution in [0.25, 0.3) is 0 Å². The second kappa shape index (κ2) is 14.8. The smallest absolute Gasteiger partial charge is 0.430 e. The van der Waals surface area contributed by atoms with E-state index in [0.717, 1.165) is 30.5 Å². The molecule has 2 amide bonds. The van der Waals surface area contributed by atoms with E-state index < -0.39 is 41.0 Å². The quantitative estimate of drug-likeness (QED) is 0.127. The number of alkyl halides is 3. The summed E-state index contributed by atoms with van der Waals surface area (Å²) in [6, 6.07) is 17.9. The number of allylic oxidation sites excluding steroid dienone is 1. The number of carbonyl (C=O) groups excluding carboxylic acids is 2. The van der Waals surface area contributed by atoms with Gasteiger partial charge in [0.1, 0.15) is 22.8 Å². The van der Waals surface area contributed by atoms with Crippen LogP contribution in [0.3, 0.4) is 0 Å². The Morgan fingerprint density at radius 3 is 2.38 bits per heavy atom. The maximum absolute atomic E-state index is 15.1. The number of hydrogen-bond acceptors (Lipinski definition) is 6. The molecule has 1 aliphatic carbocycles. The van der Waals surface area contributed by atoms with E-state index in [1.54, 1.807) is 39.0 Å². The molecular formula is C35H39F4N5O3. The number of alkyl carbamates (subject to hydrolysis) is 1. The zero-order valence-corrected chi connectivity index (χ0v) is 26.7. The highest BCUT2D eigenvalue weighted by molar-refractivity contribution is 6.47. The average Bonchev–Trinajstić information content (AvgIpc) is 3.81. The van der Waals surface area contributed by atoms with Gasteiger partial charge in [-0.25, -0.2) is 14.2 Å². The van der Waals surface area contributed by atoms with Gasteiger partial charge in [-0.3, -0.25) is 4.79 Å². The Hall–Kier alpha value is -4.71. The maximum Gasteiger partial charge on any atom is 0.430 e. The number of ether oxygens (including phenoxy) is 1. The number of benzene rings is 3. The van der Waals surface area contributed by atoms with Gasteiger partial charge < -0.3 is 26.4 Å². The molecule has 1 aliphatic rings. The third-order valence-electron chi connectivity index (χ3n) is 7.10. The second-order valence-electron chi connectivity index (χ2n) is 12.5. The van der Waals surface area contributed by atoms with Crippen molar-refractivity contribution in [2.24, 2.45) is 16.6 Å². The van der Waals surface area contributed by atoms with Gasteiger partial charge in [0.2, 0.25) is 0 Å². The van der Waals surface area contributed by atoms with E-state index in [9.17, 15) is 22.8 Å². The number of nitrogens with one attached hydrogen (secondary N) is 3. The lowest BCUT2D eigenvalue weighted by atomic mass is 9.96. The molecule has 8 nitrogen and oxygen atoms in total. The first kappa shape index (κ1) is 35.1. The first-order valence-electron chi connectivity index (χ1n) is 15.2. The zero-order chi connectivity index (χ0) is 34.4. The van der Waals surface area contributed by atoms with Crippen molar-refractivity contribution in [1.29, 1.82) is 0 Å². The van der Waals surface area contributed by atoms with Crippen molar-refractivity contribution in [2.45, 2.75) is 64.9 Å². The number of carbonyl (C=O) groups is 2. The van der Waals surface area contributed by atoms with Crippen molar-refractivity contribution >= 4 is 29.1 Å². The van der Waals surface area contributed by atoms with E-state index >= 15 is 4.39 Å². The van der Waals surface area contributed by atoms with Crippen LogP contribution in [0.1, 0.15) is 61.9 Å². The summed E-state index contributed by atoms with van der Waals surface area (Å²) in [4.78, 5) is 29.6. The molecule has 5 N–H and O–H groups in total. The van der Waals surface area contributed by atoms with Gasteiger partial charge in [-0.1, -0.05) is 48.0 Å². The normalized spacial score (nSPS) is 14.8. The van der Waals surface area contributed by atoms with Crippen LogP contribution in [0.15, 0.2) is 83.5 Å². The fourth-order valence-electron chi connectivity index (χ4n) is 4.63. The van der Waals surface area contributed by atoms with Crippen LogP contribution in [0, 0.1) is 18.7 Å². The largest absolute Gasteiger partial charge is 0.444 e. The maximum atomic E-state index is 15.1. The third-order valence-corrected chi connectivity index (χ3v) is 7.10. The first-order valence-corrected chi connectivity index (χ1v) is 15.2. The summed E-state index contributed by atoms with van der Waals surface area (Å²) in [6.07, 6.45) is -2.96. The number of anilines is 1. The Labute approximate surface area is 271 Å². The molecular weight excluding hydrogens is 614 g/mol. The van der Waals surface area contributed by atoms with Crippen molar-refractivity contribution in [3.8, 4) is 0 Å². The minimum atomic E-state index is -4.94. The summed E-state index contributed by atoms with van der Waals surface area (Å²) in [5, 5.41) is 8.50. The zero-order valence-electron chi connectivity index (χ0n) is 26.7. The van der Waals surface area contributed by atoms with Gasteiger partial charge in [0.15, 0.2) is 0 Å². The number of nitrogens with zero attached hydrogens (tertiary/aromatic N) is 1. The predicted octanol–water partition coefficient (Wildman–Crippen LogP) is 7.36. The topological polar surface area (TPSA) is 118 Å². The van der Waals surface area contributed by atoms with E-state index in [1.165, 1.54) is 24.3 Å². The highest BCUT2D eigenvalue weighted by atomic mass is 19.4. The van der Waals surface area contributed by atoms with E-state index in [4.69, 9.17) is 10.5 Å². The molecule has 250 valence electrons. The number of nitrogens with two attached hydrogens (primary N) is 1. The Morgan fingerprint density at radius 1 is 1.02 bits per heavy atom. The molecule has 0 radical (unpaired) electrons. The molecule has 0 heterocycles. The van der Waals surface area contributed by atoms with Crippen molar-refractivity contribution in [1.82, 2.24) is 10.6 Å². The lowest BCUT2D eigenvalue weighted by molar-refractivity contribution is -0.110. The van der Waals surface area contributed by atoms with Crippen molar-refractivity contribution in [3.05, 3.63) is 107 Å². The molecule has 0 bridgehead atoms. The van der Waals surface area contributed by atoms with Gasteiger partial charge in [-0.15, -0.1) is 0 Å². The van der Waals surface area contributed by atoms with Gasteiger partial charge in [0, 0.05) is 6.54 Å². The summed E-state index contributed by atoms with van der Waals surface area (Å²) in [7, 11) is 0. The Kier molecular flexibility index (Phi) is 11.1. The van der Waals surface area contributed by atoms with E-state index in [-0.39, 0.29) is 24.0 Å². The van der Waals surface area contributed by atoms with Crippen molar-refractivity contribution in [3.63, 3.8) is 0 Å². The lowest BCUT2D eigenvalue weighted by Crippen LogP contribution is -2.32. The molecule has 3 aromatic carbocycles. The van der Waals surface area contributed by atoms with Crippen molar-refractivity contribution in [2.75, 3.05) is 11.9 Å². The second-order valence-corrected chi connectivity index (χ2v) is 12.5. The molecule has 0 aliphatic heterocycles. The summed E-state index contributed by atoms with van der Waals surface area (Å²) >= 11 is 0. The van der Waals surface area contributed by atoms with E-state index in [1.807, 2.05) is 31.2 Å². The summed E-state index contributed by atoms with van der Waals surface area (Å²) in [5.41, 5.74) is 5.32. The summed E-state index contributed by atoms with van der Waals surface area (Å²) in [5.74, 6) is -1.34. The van der Waals surface area contributed by atoms with E-state index in [0.29, 0.717) is 23.1 Å². The van der Waals surface area contributed by atoms with Gasteiger partial charge >= 0.3 is 12.3 Å². The molecule has 4 rings (SSSR count). The molecule has 47 heavy (non-hydrogen) atoms. The summed E-state index contributed by atoms with van der Waals surface area (Å²) < 4.78 is 60.6. The van der Waals surface area contributed by atoms with Crippen LogP contribution >= 0.6 is 0 Å². The van der Waals surface area contributed by atoms with E-state index in [2.05, 4.69) is 20.9 Å².